The number of Topliss-reactive ketones (excluding diaryl/α,β-unsaturated/α-hetero) is 1. The van der Waals surface area contributed by atoms with Gasteiger partial charge in [-0.25, -0.2) is 4.98 Å². The third-order valence-electron chi connectivity index (χ3n) is 7.87. The van der Waals surface area contributed by atoms with Gasteiger partial charge in [0.2, 0.25) is 0 Å². The molecule has 4 atom stereocenters. The zero-order valence-corrected chi connectivity index (χ0v) is 21.0. The minimum atomic E-state index is -0.518. The molecular formula is C28H35N5O3. The molecule has 2 aliphatic heterocycles. The molecule has 5 rings (SSSR count). The number of ketones is 1. The quantitative estimate of drug-likeness (QED) is 0.460. The fraction of sp³-hybridized carbons (Fsp3) is 0.500. The Bertz CT molecular complexity index is 1150. The molecule has 8 nitrogen and oxygen atoms in total. The highest BCUT2D eigenvalue weighted by molar-refractivity contribution is 6.02. The number of fused-ring (bicyclic) bond motifs is 2. The predicted octanol–water partition coefficient (Wildman–Crippen LogP) is 3.91. The summed E-state index contributed by atoms with van der Waals surface area (Å²) in [4.78, 5) is 44.3. The number of benzene rings is 1. The van der Waals surface area contributed by atoms with E-state index in [1.54, 1.807) is 24.4 Å². The first-order valence-electron chi connectivity index (χ1n) is 13.1. The van der Waals surface area contributed by atoms with E-state index in [1.165, 1.54) is 0 Å². The van der Waals surface area contributed by atoms with Crippen molar-refractivity contribution in [3.05, 3.63) is 53.2 Å². The summed E-state index contributed by atoms with van der Waals surface area (Å²) in [6.07, 6.45) is 8.43. The van der Waals surface area contributed by atoms with Crippen molar-refractivity contribution >= 4 is 29.1 Å². The van der Waals surface area contributed by atoms with E-state index in [0.717, 1.165) is 50.8 Å². The first kappa shape index (κ1) is 24.3. The lowest BCUT2D eigenvalue weighted by Gasteiger charge is -2.40. The second-order valence-electron chi connectivity index (χ2n) is 10.6. The third-order valence-corrected chi connectivity index (χ3v) is 7.87. The van der Waals surface area contributed by atoms with Crippen molar-refractivity contribution in [3.63, 3.8) is 0 Å². The molecule has 0 spiro atoms. The Balaban J connectivity index is 1.24. The van der Waals surface area contributed by atoms with Crippen LogP contribution in [0.15, 0.2) is 36.5 Å². The zero-order valence-electron chi connectivity index (χ0n) is 21.0. The number of piperidine rings is 1. The Kier molecular flexibility index (Phi) is 6.69. The maximum Gasteiger partial charge on any atom is 0.251 e. The highest BCUT2D eigenvalue weighted by Crippen LogP contribution is 2.39. The summed E-state index contributed by atoms with van der Waals surface area (Å²) in [6.45, 7) is 4.07. The molecular weight excluding hydrogens is 454 g/mol. The Morgan fingerprint density at radius 2 is 1.75 bits per heavy atom. The van der Waals surface area contributed by atoms with E-state index in [2.05, 4.69) is 27.4 Å². The summed E-state index contributed by atoms with van der Waals surface area (Å²) >= 11 is 0. The molecule has 3 heterocycles. The Morgan fingerprint density at radius 3 is 2.33 bits per heavy atom. The van der Waals surface area contributed by atoms with Gasteiger partial charge >= 0.3 is 0 Å². The van der Waals surface area contributed by atoms with Crippen molar-refractivity contribution in [3.8, 4) is 0 Å². The molecule has 3 fully saturated rings. The lowest BCUT2D eigenvalue weighted by molar-refractivity contribution is 0.0924. The van der Waals surface area contributed by atoms with Gasteiger partial charge in [-0.2, -0.15) is 0 Å². The van der Waals surface area contributed by atoms with Crippen molar-refractivity contribution in [2.45, 2.75) is 83.0 Å². The van der Waals surface area contributed by atoms with Crippen LogP contribution in [0.5, 0.6) is 0 Å². The minimum absolute atomic E-state index is 0.0729. The summed E-state index contributed by atoms with van der Waals surface area (Å²) in [7, 11) is 0. The van der Waals surface area contributed by atoms with Gasteiger partial charge in [0.15, 0.2) is 5.78 Å². The summed E-state index contributed by atoms with van der Waals surface area (Å²) in [5, 5.41) is 6.51. The molecule has 3 aliphatic rings. The average Bonchev–Trinajstić information content (AvgIpc) is 3.68. The van der Waals surface area contributed by atoms with E-state index in [4.69, 9.17) is 5.73 Å². The van der Waals surface area contributed by atoms with Gasteiger partial charge in [-0.3, -0.25) is 14.4 Å². The van der Waals surface area contributed by atoms with E-state index in [0.29, 0.717) is 34.5 Å². The maximum absolute atomic E-state index is 13.1. The fourth-order valence-electron chi connectivity index (χ4n) is 5.59. The van der Waals surface area contributed by atoms with Gasteiger partial charge < -0.3 is 21.3 Å². The van der Waals surface area contributed by atoms with Crippen LogP contribution in [0.1, 0.15) is 89.9 Å². The molecule has 1 saturated carbocycles. The van der Waals surface area contributed by atoms with Crippen molar-refractivity contribution in [1.29, 1.82) is 0 Å². The standard InChI is InChI=1S/C28H35N5O3/c1-3-16(2)31-24-12-18(6-10-23(24)27(29)35)28(36)32-20-13-21-8-9-22(14-20)33(21)25-11-7-19(15-30-25)26(34)17-4-5-17/h6-7,10-12,15-17,20-22,31H,3-5,8-9,13-14H2,1-2H3,(H2,29,35)(H,32,36)/t16-,20?,21-,22+/m0/s1. The topological polar surface area (TPSA) is 117 Å². The zero-order chi connectivity index (χ0) is 25.4. The van der Waals surface area contributed by atoms with Gasteiger partial charge in [0.1, 0.15) is 5.82 Å². The SMILES string of the molecule is CC[C@H](C)Nc1cc(C(=O)NC2C[C@H]3CC[C@@H](C2)N3c2ccc(C(=O)C3CC3)cn2)ccc1C(N)=O. The Morgan fingerprint density at radius 1 is 1.06 bits per heavy atom. The molecule has 8 heteroatoms. The van der Waals surface area contributed by atoms with Gasteiger partial charge in [-0.15, -0.1) is 0 Å². The lowest BCUT2D eigenvalue weighted by Crippen LogP contribution is -2.50. The van der Waals surface area contributed by atoms with Gasteiger partial charge in [0, 0.05) is 53.1 Å². The molecule has 1 unspecified atom stereocenters. The number of primary amides is 1. The summed E-state index contributed by atoms with van der Waals surface area (Å²) in [5.74, 6) is 0.668. The van der Waals surface area contributed by atoms with Crippen molar-refractivity contribution in [2.75, 3.05) is 10.2 Å². The number of carbonyl (C=O) groups excluding carboxylic acids is 3. The minimum Gasteiger partial charge on any atom is -0.382 e. The molecule has 1 aliphatic carbocycles. The van der Waals surface area contributed by atoms with Crippen LogP contribution < -0.4 is 21.3 Å². The molecule has 2 aromatic rings. The lowest BCUT2D eigenvalue weighted by atomic mass is 9.96. The maximum atomic E-state index is 13.1. The first-order valence-corrected chi connectivity index (χ1v) is 13.1. The van der Waals surface area contributed by atoms with E-state index < -0.39 is 5.91 Å². The van der Waals surface area contributed by atoms with Gasteiger partial charge in [-0.05, 0) is 82.2 Å². The number of aromatic nitrogens is 1. The average molecular weight is 490 g/mol. The number of carbonyl (C=O) groups is 3. The van der Waals surface area contributed by atoms with Crippen molar-refractivity contribution in [1.82, 2.24) is 10.3 Å². The van der Waals surface area contributed by atoms with E-state index in [1.807, 2.05) is 19.1 Å². The summed E-state index contributed by atoms with van der Waals surface area (Å²) < 4.78 is 0. The molecule has 2 saturated heterocycles. The van der Waals surface area contributed by atoms with Gasteiger partial charge in [-0.1, -0.05) is 6.92 Å². The second-order valence-corrected chi connectivity index (χ2v) is 10.6. The fourth-order valence-corrected chi connectivity index (χ4v) is 5.59. The van der Waals surface area contributed by atoms with Crippen molar-refractivity contribution in [2.24, 2.45) is 11.7 Å². The normalized spacial score (nSPS) is 23.7. The summed E-state index contributed by atoms with van der Waals surface area (Å²) in [6, 6.07) is 9.74. The Labute approximate surface area is 212 Å². The molecule has 4 N–H and O–H groups in total. The van der Waals surface area contributed by atoms with Crippen LogP contribution in [0.2, 0.25) is 0 Å². The smallest absolute Gasteiger partial charge is 0.251 e. The van der Waals surface area contributed by atoms with Crippen LogP contribution in [0.4, 0.5) is 11.5 Å². The van der Waals surface area contributed by atoms with Crippen LogP contribution >= 0.6 is 0 Å². The van der Waals surface area contributed by atoms with Crippen molar-refractivity contribution < 1.29 is 14.4 Å². The number of amides is 2. The number of hydrogen-bond acceptors (Lipinski definition) is 6. The molecule has 0 radical (unpaired) electrons. The second kappa shape index (κ2) is 9.91. The first-order chi connectivity index (χ1) is 17.3. The molecule has 1 aromatic carbocycles. The molecule has 190 valence electrons. The highest BCUT2D eigenvalue weighted by atomic mass is 16.2. The number of hydrogen-bond donors (Lipinski definition) is 3. The highest BCUT2D eigenvalue weighted by Gasteiger charge is 2.42. The van der Waals surface area contributed by atoms with Crippen LogP contribution in [0.3, 0.4) is 0 Å². The van der Waals surface area contributed by atoms with Gasteiger partial charge in [0.25, 0.3) is 11.8 Å². The monoisotopic (exact) mass is 489 g/mol. The predicted molar refractivity (Wildman–Crippen MR) is 139 cm³/mol. The molecule has 2 amide bonds. The summed E-state index contributed by atoms with van der Waals surface area (Å²) in [5.41, 5.74) is 7.74. The van der Waals surface area contributed by atoms with E-state index >= 15 is 0 Å². The largest absolute Gasteiger partial charge is 0.382 e. The third kappa shape index (κ3) is 4.94. The number of rotatable bonds is 9. The van der Waals surface area contributed by atoms with E-state index in [-0.39, 0.29) is 29.7 Å². The number of nitrogens with zero attached hydrogens (tertiary/aromatic N) is 2. The van der Waals surface area contributed by atoms with E-state index in [9.17, 15) is 14.4 Å². The Hall–Kier alpha value is -3.42. The van der Waals surface area contributed by atoms with Gasteiger partial charge in [0.05, 0.1) is 5.56 Å². The van der Waals surface area contributed by atoms with Crippen LogP contribution in [0.25, 0.3) is 0 Å². The molecule has 2 bridgehead atoms. The van der Waals surface area contributed by atoms with Crippen LogP contribution in [-0.4, -0.2) is 46.7 Å². The number of pyridine rings is 1. The number of nitrogens with two attached hydrogens (primary N) is 1. The van der Waals surface area contributed by atoms with Crippen LogP contribution in [0, 0.1) is 5.92 Å². The van der Waals surface area contributed by atoms with Crippen LogP contribution in [-0.2, 0) is 0 Å². The number of nitrogens with one attached hydrogen (secondary N) is 2. The number of anilines is 2. The molecule has 1 aromatic heterocycles. The molecule has 36 heavy (non-hydrogen) atoms.